The van der Waals surface area contributed by atoms with Crippen LogP contribution in [0.3, 0.4) is 0 Å². The second kappa shape index (κ2) is 9.05. The minimum atomic E-state index is -3.66. The van der Waals surface area contributed by atoms with Crippen molar-refractivity contribution in [3.63, 3.8) is 0 Å². The quantitative estimate of drug-likeness (QED) is 0.636. The second-order valence-corrected chi connectivity index (χ2v) is 9.22. The van der Waals surface area contributed by atoms with Crippen LogP contribution in [0, 0.1) is 6.92 Å². The molecule has 0 aliphatic carbocycles. The van der Waals surface area contributed by atoms with Crippen molar-refractivity contribution < 1.29 is 22.7 Å². The van der Waals surface area contributed by atoms with Gasteiger partial charge in [-0.25, -0.2) is 8.42 Å². The van der Waals surface area contributed by atoms with E-state index in [1.807, 2.05) is 42.5 Å². The first kappa shape index (κ1) is 21.3. The maximum absolute atomic E-state index is 13.0. The van der Waals surface area contributed by atoms with Crippen LogP contribution in [0.15, 0.2) is 65.6 Å². The van der Waals surface area contributed by atoms with Crippen molar-refractivity contribution in [3.8, 4) is 5.75 Å². The number of ether oxygens (including phenoxy) is 2. The predicted octanol–water partition coefficient (Wildman–Crippen LogP) is 3.19. The molecule has 7 nitrogen and oxygen atoms in total. The monoisotopic (exact) mass is 440 g/mol. The number of hydrogen-bond acceptors (Lipinski definition) is 5. The van der Waals surface area contributed by atoms with Gasteiger partial charge in [-0.15, -0.1) is 0 Å². The molecule has 0 radical (unpaired) electrons. The van der Waals surface area contributed by atoms with Gasteiger partial charge in [0.05, 0.1) is 18.1 Å². The van der Waals surface area contributed by atoms with E-state index in [1.165, 1.54) is 10.4 Å². The molecule has 1 N–H and O–H groups in total. The third-order valence-electron chi connectivity index (χ3n) is 5.17. The molecule has 162 valence electrons. The highest BCUT2D eigenvalue weighted by atomic mass is 32.2. The maximum Gasteiger partial charge on any atom is 0.262 e. The molecule has 0 bridgehead atoms. The van der Waals surface area contributed by atoms with Gasteiger partial charge in [0.2, 0.25) is 10.0 Å². The first-order valence-corrected chi connectivity index (χ1v) is 11.5. The Morgan fingerprint density at radius 2 is 1.81 bits per heavy atom. The van der Waals surface area contributed by atoms with Gasteiger partial charge in [0.15, 0.2) is 6.61 Å². The number of amides is 1. The fourth-order valence-corrected chi connectivity index (χ4v) is 5.20. The van der Waals surface area contributed by atoms with Crippen molar-refractivity contribution in [1.82, 2.24) is 4.31 Å². The van der Waals surface area contributed by atoms with Gasteiger partial charge in [0.1, 0.15) is 5.75 Å². The fraction of sp³-hybridized carbons (Fsp3) is 0.261. The molecule has 3 aromatic carbocycles. The Hall–Kier alpha value is -2.94. The van der Waals surface area contributed by atoms with Crippen molar-refractivity contribution in [1.29, 1.82) is 0 Å². The SMILES string of the molecule is Cc1ccc(NC(=O)COc2cccc3ccccc23)cc1S(=O)(=O)N1CCOCC1. The Morgan fingerprint density at radius 1 is 1.06 bits per heavy atom. The largest absolute Gasteiger partial charge is 0.483 e. The molecule has 0 saturated carbocycles. The highest BCUT2D eigenvalue weighted by Crippen LogP contribution is 2.26. The summed E-state index contributed by atoms with van der Waals surface area (Å²) in [6, 6.07) is 18.3. The normalized spacial score (nSPS) is 15.0. The van der Waals surface area contributed by atoms with E-state index in [0.29, 0.717) is 43.3 Å². The first-order chi connectivity index (χ1) is 14.9. The van der Waals surface area contributed by atoms with Crippen LogP contribution >= 0.6 is 0 Å². The molecular formula is C23H24N2O5S. The number of anilines is 1. The van der Waals surface area contributed by atoms with Gasteiger partial charge in [-0.1, -0.05) is 42.5 Å². The number of fused-ring (bicyclic) bond motifs is 1. The Balaban J connectivity index is 1.47. The highest BCUT2D eigenvalue weighted by molar-refractivity contribution is 7.89. The van der Waals surface area contributed by atoms with Crippen molar-refractivity contribution in [2.75, 3.05) is 38.2 Å². The molecule has 3 aromatic rings. The van der Waals surface area contributed by atoms with Crippen LogP contribution in [-0.2, 0) is 19.6 Å². The zero-order valence-electron chi connectivity index (χ0n) is 17.2. The van der Waals surface area contributed by atoms with E-state index in [4.69, 9.17) is 9.47 Å². The molecule has 1 aliphatic heterocycles. The van der Waals surface area contributed by atoms with Gasteiger partial charge >= 0.3 is 0 Å². The van der Waals surface area contributed by atoms with E-state index < -0.39 is 10.0 Å². The third-order valence-corrected chi connectivity index (χ3v) is 7.21. The van der Waals surface area contributed by atoms with E-state index in [9.17, 15) is 13.2 Å². The topological polar surface area (TPSA) is 84.9 Å². The van der Waals surface area contributed by atoms with Crippen LogP contribution in [0.5, 0.6) is 5.75 Å². The Bertz CT molecular complexity index is 1200. The van der Waals surface area contributed by atoms with Crippen molar-refractivity contribution in [3.05, 3.63) is 66.2 Å². The number of carbonyl (C=O) groups is 1. The summed E-state index contributed by atoms with van der Waals surface area (Å²) >= 11 is 0. The number of carbonyl (C=O) groups excluding carboxylic acids is 1. The molecule has 31 heavy (non-hydrogen) atoms. The minimum absolute atomic E-state index is 0.183. The zero-order valence-corrected chi connectivity index (χ0v) is 18.0. The molecular weight excluding hydrogens is 416 g/mol. The van der Waals surface area contributed by atoms with Crippen LogP contribution in [0.4, 0.5) is 5.69 Å². The number of morpholine rings is 1. The van der Waals surface area contributed by atoms with Gasteiger partial charge in [0, 0.05) is 24.2 Å². The van der Waals surface area contributed by atoms with Crippen LogP contribution in [0.25, 0.3) is 10.8 Å². The Labute approximate surface area is 181 Å². The van der Waals surface area contributed by atoms with Crippen LogP contribution in [0.1, 0.15) is 5.56 Å². The van der Waals surface area contributed by atoms with E-state index in [2.05, 4.69) is 5.32 Å². The third kappa shape index (κ3) is 4.71. The average molecular weight is 441 g/mol. The summed E-state index contributed by atoms with van der Waals surface area (Å²) in [6.45, 7) is 2.94. The smallest absolute Gasteiger partial charge is 0.262 e. The summed E-state index contributed by atoms with van der Waals surface area (Å²) in [4.78, 5) is 12.6. The molecule has 1 heterocycles. The summed E-state index contributed by atoms with van der Waals surface area (Å²) < 4.78 is 38.4. The van der Waals surface area contributed by atoms with Crippen molar-refractivity contribution in [2.24, 2.45) is 0 Å². The van der Waals surface area contributed by atoms with E-state index in [1.54, 1.807) is 19.1 Å². The van der Waals surface area contributed by atoms with Gasteiger partial charge in [-0.3, -0.25) is 4.79 Å². The minimum Gasteiger partial charge on any atom is -0.483 e. The summed E-state index contributed by atoms with van der Waals surface area (Å²) in [5.41, 5.74) is 1.03. The molecule has 1 fully saturated rings. The lowest BCUT2D eigenvalue weighted by Crippen LogP contribution is -2.40. The average Bonchev–Trinajstić information content (AvgIpc) is 2.79. The molecule has 1 aliphatic rings. The van der Waals surface area contributed by atoms with Gasteiger partial charge in [-0.2, -0.15) is 4.31 Å². The maximum atomic E-state index is 13.0. The lowest BCUT2D eigenvalue weighted by Gasteiger charge is -2.26. The highest BCUT2D eigenvalue weighted by Gasteiger charge is 2.28. The van der Waals surface area contributed by atoms with E-state index in [-0.39, 0.29) is 17.4 Å². The number of nitrogens with zero attached hydrogens (tertiary/aromatic N) is 1. The summed E-state index contributed by atoms with van der Waals surface area (Å²) in [5.74, 6) is 0.249. The molecule has 8 heteroatoms. The summed E-state index contributed by atoms with van der Waals surface area (Å²) in [7, 11) is -3.66. The van der Waals surface area contributed by atoms with Gasteiger partial charge in [0.25, 0.3) is 5.91 Å². The van der Waals surface area contributed by atoms with E-state index >= 15 is 0 Å². The molecule has 1 amide bonds. The number of hydrogen-bond donors (Lipinski definition) is 1. The lowest BCUT2D eigenvalue weighted by molar-refractivity contribution is -0.118. The number of aryl methyl sites for hydroxylation is 1. The molecule has 0 spiro atoms. The first-order valence-electron chi connectivity index (χ1n) is 10.0. The standard InChI is InChI=1S/C23H24N2O5S/c1-17-9-10-19(15-22(17)31(27,28)25-11-13-29-14-12-25)24-23(26)16-30-21-8-4-6-18-5-2-3-7-20(18)21/h2-10,15H,11-14,16H2,1H3,(H,24,26). The van der Waals surface area contributed by atoms with Gasteiger partial charge in [-0.05, 0) is 36.1 Å². The number of nitrogens with one attached hydrogen (secondary N) is 1. The molecule has 4 rings (SSSR count). The van der Waals surface area contributed by atoms with E-state index in [0.717, 1.165) is 10.8 Å². The van der Waals surface area contributed by atoms with Crippen molar-refractivity contribution >= 4 is 32.4 Å². The fourth-order valence-electron chi connectivity index (χ4n) is 3.54. The number of sulfonamides is 1. The molecule has 1 saturated heterocycles. The van der Waals surface area contributed by atoms with Gasteiger partial charge < -0.3 is 14.8 Å². The molecule has 0 unspecified atom stereocenters. The van der Waals surface area contributed by atoms with Crippen LogP contribution in [-0.4, -0.2) is 51.5 Å². The lowest BCUT2D eigenvalue weighted by atomic mass is 10.1. The number of benzene rings is 3. The van der Waals surface area contributed by atoms with Crippen LogP contribution in [0.2, 0.25) is 0 Å². The summed E-state index contributed by atoms with van der Waals surface area (Å²) in [5, 5.41) is 4.68. The zero-order chi connectivity index (χ0) is 21.8. The Morgan fingerprint density at radius 3 is 2.61 bits per heavy atom. The van der Waals surface area contributed by atoms with Crippen molar-refractivity contribution in [2.45, 2.75) is 11.8 Å². The molecule has 0 aromatic heterocycles. The summed E-state index contributed by atoms with van der Waals surface area (Å²) in [6.07, 6.45) is 0. The predicted molar refractivity (Wildman–Crippen MR) is 119 cm³/mol. The number of rotatable bonds is 6. The van der Waals surface area contributed by atoms with Crippen LogP contribution < -0.4 is 10.1 Å². The second-order valence-electron chi connectivity index (χ2n) is 7.31. The molecule has 0 atom stereocenters. The Kier molecular flexibility index (Phi) is 6.22.